The standard InChI is InChI=1S/C10H20N2O4S/c1-2-9-17(14,15)11-4-3-10(13)12-5-7-16-8-6-12/h11H,2-9H2,1H3. The number of amides is 1. The number of nitrogens with zero attached hydrogens (tertiary/aromatic N) is 1. The minimum Gasteiger partial charge on any atom is -0.378 e. The topological polar surface area (TPSA) is 75.7 Å². The molecule has 0 atom stereocenters. The minimum atomic E-state index is -3.20. The van der Waals surface area contributed by atoms with Crippen LogP contribution in [0.2, 0.25) is 0 Å². The van der Waals surface area contributed by atoms with E-state index in [-0.39, 0.29) is 24.6 Å². The molecule has 0 aliphatic carbocycles. The van der Waals surface area contributed by atoms with Crippen molar-refractivity contribution in [1.82, 2.24) is 9.62 Å². The molecule has 0 bridgehead atoms. The molecule has 1 amide bonds. The number of rotatable bonds is 6. The number of carbonyl (C=O) groups excluding carboxylic acids is 1. The summed E-state index contributed by atoms with van der Waals surface area (Å²) in [4.78, 5) is 13.4. The van der Waals surface area contributed by atoms with E-state index in [0.29, 0.717) is 32.7 Å². The Morgan fingerprint density at radius 1 is 1.35 bits per heavy atom. The van der Waals surface area contributed by atoms with Gasteiger partial charge in [0.25, 0.3) is 0 Å². The van der Waals surface area contributed by atoms with Crippen molar-refractivity contribution in [3.05, 3.63) is 0 Å². The van der Waals surface area contributed by atoms with Gasteiger partial charge in [-0.2, -0.15) is 0 Å². The lowest BCUT2D eigenvalue weighted by atomic mass is 10.3. The average Bonchev–Trinajstić information content (AvgIpc) is 2.29. The zero-order chi connectivity index (χ0) is 12.7. The second kappa shape index (κ2) is 6.93. The van der Waals surface area contributed by atoms with Crippen LogP contribution in [0.3, 0.4) is 0 Å². The predicted octanol–water partition coefficient (Wildman–Crippen LogP) is -0.435. The van der Waals surface area contributed by atoms with Gasteiger partial charge in [-0.25, -0.2) is 13.1 Å². The van der Waals surface area contributed by atoms with Gasteiger partial charge in [-0.05, 0) is 6.42 Å². The van der Waals surface area contributed by atoms with Gasteiger partial charge in [-0.1, -0.05) is 6.92 Å². The maximum Gasteiger partial charge on any atom is 0.224 e. The van der Waals surface area contributed by atoms with Crippen molar-refractivity contribution in [1.29, 1.82) is 0 Å². The molecule has 17 heavy (non-hydrogen) atoms. The molecule has 1 fully saturated rings. The van der Waals surface area contributed by atoms with Gasteiger partial charge in [-0.15, -0.1) is 0 Å². The summed E-state index contributed by atoms with van der Waals surface area (Å²) < 4.78 is 30.2. The van der Waals surface area contributed by atoms with Crippen LogP contribution in [0.15, 0.2) is 0 Å². The van der Waals surface area contributed by atoms with Crippen LogP contribution < -0.4 is 4.72 Å². The summed E-state index contributed by atoms with van der Waals surface area (Å²) in [5.41, 5.74) is 0. The summed E-state index contributed by atoms with van der Waals surface area (Å²) >= 11 is 0. The normalized spacial score (nSPS) is 17.1. The van der Waals surface area contributed by atoms with Crippen LogP contribution in [0.1, 0.15) is 19.8 Å². The number of morpholine rings is 1. The van der Waals surface area contributed by atoms with Crippen LogP contribution in [0.5, 0.6) is 0 Å². The maximum atomic E-state index is 11.7. The zero-order valence-electron chi connectivity index (χ0n) is 10.1. The Morgan fingerprint density at radius 2 is 2.00 bits per heavy atom. The first-order chi connectivity index (χ1) is 8.05. The first-order valence-electron chi connectivity index (χ1n) is 5.88. The van der Waals surface area contributed by atoms with Crippen molar-refractivity contribution in [3.63, 3.8) is 0 Å². The van der Waals surface area contributed by atoms with Crippen molar-refractivity contribution in [2.75, 3.05) is 38.6 Å². The smallest absolute Gasteiger partial charge is 0.224 e. The Kier molecular flexibility index (Phi) is 5.87. The van der Waals surface area contributed by atoms with Gasteiger partial charge in [0.1, 0.15) is 0 Å². The number of carbonyl (C=O) groups is 1. The number of hydrogen-bond donors (Lipinski definition) is 1. The fraction of sp³-hybridized carbons (Fsp3) is 0.900. The molecular weight excluding hydrogens is 244 g/mol. The Bertz CT molecular complexity index is 336. The van der Waals surface area contributed by atoms with Crippen molar-refractivity contribution in [3.8, 4) is 0 Å². The molecule has 1 saturated heterocycles. The van der Waals surface area contributed by atoms with Gasteiger partial charge in [-0.3, -0.25) is 4.79 Å². The molecular formula is C10H20N2O4S. The van der Waals surface area contributed by atoms with Gasteiger partial charge in [0, 0.05) is 26.1 Å². The van der Waals surface area contributed by atoms with Gasteiger partial charge in [0.2, 0.25) is 15.9 Å². The third-order valence-electron chi connectivity index (χ3n) is 2.50. The highest BCUT2D eigenvalue weighted by Gasteiger charge is 2.17. The quantitative estimate of drug-likeness (QED) is 0.706. The van der Waals surface area contributed by atoms with E-state index in [4.69, 9.17) is 4.74 Å². The summed E-state index contributed by atoms with van der Waals surface area (Å²) in [6.07, 6.45) is 0.787. The van der Waals surface area contributed by atoms with E-state index in [1.807, 2.05) is 0 Å². The number of ether oxygens (including phenoxy) is 1. The van der Waals surface area contributed by atoms with Gasteiger partial charge >= 0.3 is 0 Å². The molecule has 0 saturated carbocycles. The maximum absolute atomic E-state index is 11.7. The van der Waals surface area contributed by atoms with E-state index >= 15 is 0 Å². The number of nitrogens with one attached hydrogen (secondary N) is 1. The summed E-state index contributed by atoms with van der Waals surface area (Å²) in [5, 5.41) is 0. The van der Waals surface area contributed by atoms with E-state index in [9.17, 15) is 13.2 Å². The highest BCUT2D eigenvalue weighted by Crippen LogP contribution is 2.00. The Labute approximate surface area is 102 Å². The molecule has 0 radical (unpaired) electrons. The molecule has 1 aliphatic rings. The van der Waals surface area contributed by atoms with Crippen LogP contribution in [-0.2, 0) is 19.6 Å². The van der Waals surface area contributed by atoms with Crippen molar-refractivity contribution >= 4 is 15.9 Å². The summed E-state index contributed by atoms with van der Waals surface area (Å²) in [6.45, 7) is 4.30. The highest BCUT2D eigenvalue weighted by molar-refractivity contribution is 7.89. The van der Waals surface area contributed by atoms with E-state index in [2.05, 4.69) is 4.72 Å². The lowest BCUT2D eigenvalue weighted by Crippen LogP contribution is -2.42. The van der Waals surface area contributed by atoms with Gasteiger partial charge in [0.05, 0.1) is 19.0 Å². The molecule has 1 aliphatic heterocycles. The second-order valence-corrected chi connectivity index (χ2v) is 5.88. The van der Waals surface area contributed by atoms with E-state index in [1.165, 1.54) is 0 Å². The molecule has 1 N–H and O–H groups in total. The summed E-state index contributed by atoms with van der Waals surface area (Å²) in [7, 11) is -3.20. The Hall–Kier alpha value is -0.660. The van der Waals surface area contributed by atoms with Gasteiger partial charge in [0.15, 0.2) is 0 Å². The lowest BCUT2D eigenvalue weighted by molar-refractivity contribution is -0.135. The molecule has 1 rings (SSSR count). The van der Waals surface area contributed by atoms with E-state index < -0.39 is 10.0 Å². The first kappa shape index (κ1) is 14.4. The largest absolute Gasteiger partial charge is 0.378 e. The second-order valence-electron chi connectivity index (χ2n) is 3.96. The Balaban J connectivity index is 2.24. The van der Waals surface area contributed by atoms with E-state index in [0.717, 1.165) is 0 Å². The third-order valence-corrected chi connectivity index (χ3v) is 4.09. The van der Waals surface area contributed by atoms with Crippen LogP contribution in [0.4, 0.5) is 0 Å². The van der Waals surface area contributed by atoms with Crippen molar-refractivity contribution in [2.24, 2.45) is 0 Å². The van der Waals surface area contributed by atoms with Gasteiger partial charge < -0.3 is 9.64 Å². The molecule has 100 valence electrons. The third kappa shape index (κ3) is 5.47. The molecule has 0 unspecified atom stereocenters. The first-order valence-corrected chi connectivity index (χ1v) is 7.53. The Morgan fingerprint density at radius 3 is 2.59 bits per heavy atom. The molecule has 1 heterocycles. The lowest BCUT2D eigenvalue weighted by Gasteiger charge is -2.26. The monoisotopic (exact) mass is 264 g/mol. The molecule has 0 aromatic carbocycles. The summed E-state index contributed by atoms with van der Waals surface area (Å²) in [6, 6.07) is 0. The fourth-order valence-electron chi connectivity index (χ4n) is 1.63. The molecule has 0 aromatic rings. The SMILES string of the molecule is CCCS(=O)(=O)NCCC(=O)N1CCOCC1. The van der Waals surface area contributed by atoms with Crippen molar-refractivity contribution in [2.45, 2.75) is 19.8 Å². The van der Waals surface area contributed by atoms with Crippen LogP contribution in [0.25, 0.3) is 0 Å². The average molecular weight is 264 g/mol. The zero-order valence-corrected chi connectivity index (χ0v) is 11.0. The highest BCUT2D eigenvalue weighted by atomic mass is 32.2. The fourth-order valence-corrected chi connectivity index (χ4v) is 2.72. The number of sulfonamides is 1. The van der Waals surface area contributed by atoms with Crippen molar-refractivity contribution < 1.29 is 17.9 Å². The predicted molar refractivity (Wildman–Crippen MR) is 64.1 cm³/mol. The van der Waals surface area contributed by atoms with Crippen LogP contribution >= 0.6 is 0 Å². The van der Waals surface area contributed by atoms with Crippen LogP contribution in [0, 0.1) is 0 Å². The molecule has 0 aromatic heterocycles. The minimum absolute atomic E-state index is 0.0208. The summed E-state index contributed by atoms with van der Waals surface area (Å²) in [5.74, 6) is 0.0890. The molecule has 0 spiro atoms. The molecule has 7 heteroatoms. The number of hydrogen-bond acceptors (Lipinski definition) is 4. The van der Waals surface area contributed by atoms with Crippen LogP contribution in [-0.4, -0.2) is 57.8 Å². The molecule has 6 nitrogen and oxygen atoms in total. The van der Waals surface area contributed by atoms with E-state index in [1.54, 1.807) is 11.8 Å².